The number of rotatable bonds is 6. The van der Waals surface area contributed by atoms with Gasteiger partial charge in [-0.25, -0.2) is 0 Å². The number of carbonyl (C=O) groups excluding carboxylic acids is 1. The molecule has 6 heteroatoms. The number of nitrogens with one attached hydrogen (secondary N) is 1. The summed E-state index contributed by atoms with van der Waals surface area (Å²) in [4.78, 5) is 34.3. The molecule has 0 fully saturated rings. The van der Waals surface area contributed by atoms with Gasteiger partial charge in [0, 0.05) is 30.1 Å². The molecule has 2 N–H and O–H groups in total. The van der Waals surface area contributed by atoms with E-state index >= 15 is 0 Å². The Kier molecular flexibility index (Phi) is 4.93. The van der Waals surface area contributed by atoms with Gasteiger partial charge in [0.05, 0.1) is 5.52 Å². The van der Waals surface area contributed by atoms with E-state index in [4.69, 9.17) is 5.11 Å². The Hall–Kier alpha value is -2.63. The van der Waals surface area contributed by atoms with Crippen molar-refractivity contribution < 1.29 is 14.7 Å². The Morgan fingerprint density at radius 2 is 2.00 bits per heavy atom. The van der Waals surface area contributed by atoms with Crippen LogP contribution in [0.25, 0.3) is 10.9 Å². The summed E-state index contributed by atoms with van der Waals surface area (Å²) < 4.78 is 1.70. The second-order valence-corrected chi connectivity index (χ2v) is 5.23. The molecule has 0 saturated heterocycles. The SMILES string of the molecule is CC(CCC(=O)O)NC(=O)Cn1ccc(=O)c2ccccc21. The lowest BCUT2D eigenvalue weighted by molar-refractivity contribution is -0.137. The molecule has 0 spiro atoms. The summed E-state index contributed by atoms with van der Waals surface area (Å²) in [6, 6.07) is 8.32. The molecule has 116 valence electrons. The van der Waals surface area contributed by atoms with Crippen molar-refractivity contribution in [3.63, 3.8) is 0 Å². The molecule has 0 aliphatic rings. The van der Waals surface area contributed by atoms with Crippen LogP contribution in [0.5, 0.6) is 0 Å². The number of carboxylic acid groups (broad SMARTS) is 1. The van der Waals surface area contributed by atoms with Crippen LogP contribution in [0.4, 0.5) is 0 Å². The lowest BCUT2D eigenvalue weighted by Gasteiger charge is -2.15. The normalized spacial score (nSPS) is 12.0. The van der Waals surface area contributed by atoms with Crippen LogP contribution in [0.1, 0.15) is 19.8 Å². The fraction of sp³-hybridized carbons (Fsp3) is 0.312. The van der Waals surface area contributed by atoms with Crippen molar-refractivity contribution in [2.45, 2.75) is 32.4 Å². The van der Waals surface area contributed by atoms with Crippen LogP contribution in [-0.2, 0) is 16.1 Å². The lowest BCUT2D eigenvalue weighted by Crippen LogP contribution is -2.35. The quantitative estimate of drug-likeness (QED) is 0.843. The maximum absolute atomic E-state index is 12.0. The molecule has 1 amide bonds. The number of para-hydroxylation sites is 1. The molecule has 0 saturated carbocycles. The van der Waals surface area contributed by atoms with Gasteiger partial charge in [-0.1, -0.05) is 12.1 Å². The Bertz CT molecular complexity index is 751. The Labute approximate surface area is 127 Å². The topological polar surface area (TPSA) is 88.4 Å². The molecule has 0 radical (unpaired) electrons. The zero-order chi connectivity index (χ0) is 16.1. The van der Waals surface area contributed by atoms with E-state index in [9.17, 15) is 14.4 Å². The summed E-state index contributed by atoms with van der Waals surface area (Å²) in [6.45, 7) is 1.85. The van der Waals surface area contributed by atoms with E-state index in [1.165, 1.54) is 6.07 Å². The molecule has 0 aliphatic heterocycles. The summed E-state index contributed by atoms with van der Waals surface area (Å²) in [5.74, 6) is -1.10. The highest BCUT2D eigenvalue weighted by Crippen LogP contribution is 2.09. The van der Waals surface area contributed by atoms with E-state index in [1.807, 2.05) is 6.07 Å². The van der Waals surface area contributed by atoms with E-state index in [1.54, 1.807) is 35.9 Å². The summed E-state index contributed by atoms with van der Waals surface area (Å²) in [5, 5.41) is 12.0. The van der Waals surface area contributed by atoms with Gasteiger partial charge in [-0.15, -0.1) is 0 Å². The van der Waals surface area contributed by atoms with Gasteiger partial charge in [-0.2, -0.15) is 0 Å². The van der Waals surface area contributed by atoms with Crippen molar-refractivity contribution in [2.24, 2.45) is 0 Å². The number of nitrogens with zero attached hydrogens (tertiary/aromatic N) is 1. The largest absolute Gasteiger partial charge is 0.481 e. The van der Waals surface area contributed by atoms with Gasteiger partial charge >= 0.3 is 5.97 Å². The van der Waals surface area contributed by atoms with Crippen LogP contribution < -0.4 is 10.7 Å². The Morgan fingerprint density at radius 3 is 2.73 bits per heavy atom. The molecular weight excluding hydrogens is 284 g/mol. The van der Waals surface area contributed by atoms with Gasteiger partial charge < -0.3 is 15.0 Å². The molecule has 1 heterocycles. The second-order valence-electron chi connectivity index (χ2n) is 5.23. The first-order valence-electron chi connectivity index (χ1n) is 7.06. The fourth-order valence-electron chi connectivity index (χ4n) is 2.29. The molecule has 0 aliphatic carbocycles. The standard InChI is InChI=1S/C16H18N2O4/c1-11(6-7-16(21)22)17-15(20)10-18-9-8-14(19)12-4-2-3-5-13(12)18/h2-5,8-9,11H,6-7,10H2,1H3,(H,17,20)(H,21,22). The van der Waals surface area contributed by atoms with Gasteiger partial charge in [-0.3, -0.25) is 14.4 Å². The van der Waals surface area contributed by atoms with Gasteiger partial charge in [0.1, 0.15) is 6.54 Å². The van der Waals surface area contributed by atoms with Crippen molar-refractivity contribution >= 4 is 22.8 Å². The summed E-state index contributed by atoms with van der Waals surface area (Å²) >= 11 is 0. The number of aliphatic carboxylic acids is 1. The molecule has 22 heavy (non-hydrogen) atoms. The van der Waals surface area contributed by atoms with Crippen molar-refractivity contribution in [1.82, 2.24) is 9.88 Å². The highest BCUT2D eigenvalue weighted by molar-refractivity contribution is 5.82. The van der Waals surface area contributed by atoms with E-state index in [0.29, 0.717) is 17.3 Å². The number of carboxylic acids is 1. The minimum atomic E-state index is -0.882. The number of fused-ring (bicyclic) bond motifs is 1. The van der Waals surface area contributed by atoms with E-state index in [2.05, 4.69) is 5.32 Å². The first-order chi connectivity index (χ1) is 10.5. The first kappa shape index (κ1) is 15.8. The van der Waals surface area contributed by atoms with Crippen LogP contribution in [0, 0.1) is 0 Å². The average Bonchev–Trinajstić information content (AvgIpc) is 2.48. The molecule has 1 aromatic heterocycles. The predicted octanol–water partition coefficient (Wildman–Crippen LogP) is 1.37. The summed E-state index contributed by atoms with van der Waals surface area (Å²) in [6.07, 6.45) is 1.99. The third kappa shape index (κ3) is 3.94. The number of aromatic nitrogens is 1. The fourth-order valence-corrected chi connectivity index (χ4v) is 2.29. The van der Waals surface area contributed by atoms with Crippen molar-refractivity contribution in [3.8, 4) is 0 Å². The monoisotopic (exact) mass is 302 g/mol. The van der Waals surface area contributed by atoms with Gasteiger partial charge in [0.2, 0.25) is 5.91 Å². The molecule has 1 aromatic carbocycles. The number of hydrogen-bond donors (Lipinski definition) is 2. The van der Waals surface area contributed by atoms with Crippen LogP contribution in [0.3, 0.4) is 0 Å². The molecule has 1 atom stereocenters. The number of hydrogen-bond acceptors (Lipinski definition) is 3. The highest BCUT2D eigenvalue weighted by atomic mass is 16.4. The van der Waals surface area contributed by atoms with Gasteiger partial charge in [0.25, 0.3) is 0 Å². The number of benzene rings is 1. The van der Waals surface area contributed by atoms with E-state index in [0.717, 1.165) is 0 Å². The average molecular weight is 302 g/mol. The van der Waals surface area contributed by atoms with Crippen LogP contribution >= 0.6 is 0 Å². The number of carbonyl (C=O) groups is 2. The Balaban J connectivity index is 2.08. The number of pyridine rings is 1. The highest BCUT2D eigenvalue weighted by Gasteiger charge is 2.11. The predicted molar refractivity (Wildman–Crippen MR) is 82.7 cm³/mol. The van der Waals surface area contributed by atoms with Crippen LogP contribution in [0.15, 0.2) is 41.3 Å². The zero-order valence-corrected chi connectivity index (χ0v) is 12.3. The third-order valence-electron chi connectivity index (χ3n) is 3.40. The first-order valence-corrected chi connectivity index (χ1v) is 7.06. The lowest BCUT2D eigenvalue weighted by atomic mass is 10.2. The van der Waals surface area contributed by atoms with Gasteiger partial charge in [-0.05, 0) is 25.5 Å². The van der Waals surface area contributed by atoms with Crippen LogP contribution in [-0.4, -0.2) is 27.6 Å². The zero-order valence-electron chi connectivity index (χ0n) is 12.3. The Morgan fingerprint density at radius 1 is 1.27 bits per heavy atom. The molecule has 2 rings (SSSR count). The molecule has 2 aromatic rings. The van der Waals surface area contributed by atoms with Crippen LogP contribution in [0.2, 0.25) is 0 Å². The van der Waals surface area contributed by atoms with Crippen molar-refractivity contribution in [2.75, 3.05) is 0 Å². The molecule has 0 bridgehead atoms. The van der Waals surface area contributed by atoms with Crippen molar-refractivity contribution in [3.05, 3.63) is 46.8 Å². The van der Waals surface area contributed by atoms with E-state index < -0.39 is 5.97 Å². The van der Waals surface area contributed by atoms with Crippen molar-refractivity contribution in [1.29, 1.82) is 0 Å². The van der Waals surface area contributed by atoms with Gasteiger partial charge in [0.15, 0.2) is 5.43 Å². The minimum Gasteiger partial charge on any atom is -0.481 e. The minimum absolute atomic E-state index is 0.0163. The molecule has 6 nitrogen and oxygen atoms in total. The smallest absolute Gasteiger partial charge is 0.303 e. The maximum Gasteiger partial charge on any atom is 0.303 e. The van der Waals surface area contributed by atoms with E-state index in [-0.39, 0.29) is 30.3 Å². The third-order valence-corrected chi connectivity index (χ3v) is 3.40. The molecule has 1 unspecified atom stereocenters. The maximum atomic E-state index is 12.0. The molecular formula is C16H18N2O4. The second kappa shape index (κ2) is 6.89. The summed E-state index contributed by atoms with van der Waals surface area (Å²) in [5.41, 5.74) is 0.616. The summed E-state index contributed by atoms with van der Waals surface area (Å²) in [7, 11) is 0. The number of amides is 1.